The molecule has 0 heterocycles. The fourth-order valence-electron chi connectivity index (χ4n) is 1.09. The van der Waals surface area contributed by atoms with Gasteiger partial charge in [-0.2, -0.15) is 0 Å². The first-order chi connectivity index (χ1) is 6.57. The van der Waals surface area contributed by atoms with Crippen LogP contribution in [0.3, 0.4) is 0 Å². The van der Waals surface area contributed by atoms with E-state index in [1.54, 1.807) is 6.92 Å². The zero-order valence-electron chi connectivity index (χ0n) is 7.41. The molecule has 0 aliphatic carbocycles. The fourth-order valence-corrected chi connectivity index (χ4v) is 1.74. The maximum absolute atomic E-state index is 9.93. The Kier molecular flexibility index (Phi) is 3.28. The number of halogens is 1. The minimum Gasteiger partial charge on any atom is -0.504 e. The molecule has 74 valence electrons. The lowest BCUT2D eigenvalue weighted by Gasteiger charge is -2.08. The van der Waals surface area contributed by atoms with Crippen molar-refractivity contribution < 1.29 is 15.0 Å². The number of nitrogens with zero attached hydrogens (tertiary/aromatic N) is 1. The van der Waals surface area contributed by atoms with Crippen LogP contribution >= 0.6 is 15.9 Å². The van der Waals surface area contributed by atoms with Gasteiger partial charge in [0.2, 0.25) is 6.08 Å². The van der Waals surface area contributed by atoms with E-state index in [-0.39, 0.29) is 18.0 Å². The second-order valence-corrected chi connectivity index (χ2v) is 3.55. The molecular weight excluding hydrogens is 250 g/mol. The van der Waals surface area contributed by atoms with Gasteiger partial charge in [-0.3, -0.25) is 0 Å². The predicted molar refractivity (Wildman–Crippen MR) is 54.0 cm³/mol. The number of isocyanates is 1. The number of hydrogen-bond acceptors (Lipinski definition) is 4. The van der Waals surface area contributed by atoms with Gasteiger partial charge in [-0.25, -0.2) is 9.79 Å². The lowest BCUT2D eigenvalue weighted by molar-refractivity contribution is 0.400. The van der Waals surface area contributed by atoms with E-state index in [0.717, 1.165) is 5.56 Å². The highest BCUT2D eigenvalue weighted by molar-refractivity contribution is 9.10. The number of carbonyl (C=O) groups excluding carboxylic acids is 1. The lowest BCUT2D eigenvalue weighted by Crippen LogP contribution is -1.90. The van der Waals surface area contributed by atoms with E-state index < -0.39 is 0 Å². The molecule has 0 radical (unpaired) electrons. The van der Waals surface area contributed by atoms with Gasteiger partial charge in [-0.05, 0) is 40.0 Å². The Bertz CT molecular complexity index is 411. The number of rotatable bonds is 2. The van der Waals surface area contributed by atoms with Gasteiger partial charge in [0, 0.05) is 0 Å². The van der Waals surface area contributed by atoms with Gasteiger partial charge in [0.1, 0.15) is 0 Å². The maximum Gasteiger partial charge on any atom is 0.235 e. The zero-order chi connectivity index (χ0) is 10.7. The first kappa shape index (κ1) is 10.8. The van der Waals surface area contributed by atoms with Crippen LogP contribution < -0.4 is 0 Å². The van der Waals surface area contributed by atoms with Crippen LogP contribution in [0.2, 0.25) is 0 Å². The van der Waals surface area contributed by atoms with E-state index in [1.165, 1.54) is 12.1 Å². The minimum atomic E-state index is -0.244. The number of benzene rings is 1. The molecule has 1 aromatic carbocycles. The molecule has 14 heavy (non-hydrogen) atoms. The molecule has 4 nitrogen and oxygen atoms in total. The third-order valence-corrected chi connectivity index (χ3v) is 2.70. The largest absolute Gasteiger partial charge is 0.504 e. The summed E-state index contributed by atoms with van der Waals surface area (Å²) in [5.74, 6) is -0.445. The van der Waals surface area contributed by atoms with E-state index in [2.05, 4.69) is 20.9 Å². The van der Waals surface area contributed by atoms with E-state index in [4.69, 9.17) is 0 Å². The highest BCUT2D eigenvalue weighted by Crippen LogP contribution is 2.38. The first-order valence-corrected chi connectivity index (χ1v) is 4.60. The van der Waals surface area contributed by atoms with E-state index >= 15 is 0 Å². The summed E-state index contributed by atoms with van der Waals surface area (Å²) in [5, 5.41) is 18.6. The van der Waals surface area contributed by atoms with Crippen molar-refractivity contribution in [3.63, 3.8) is 0 Å². The Hall–Kier alpha value is -1.32. The van der Waals surface area contributed by atoms with Crippen molar-refractivity contribution in [1.29, 1.82) is 0 Å². The second-order valence-electron chi connectivity index (χ2n) is 2.76. The van der Waals surface area contributed by atoms with Gasteiger partial charge >= 0.3 is 0 Å². The number of hydrogen-bond donors (Lipinski definition) is 2. The SMILES string of the molecule is Cc1cc(O)c(O)c(Br)c1CN=C=O. The molecule has 0 aromatic heterocycles. The average Bonchev–Trinajstić information content (AvgIpc) is 2.14. The molecule has 1 rings (SSSR count). The molecule has 0 saturated carbocycles. The Labute approximate surface area is 89.0 Å². The summed E-state index contributed by atoms with van der Waals surface area (Å²) < 4.78 is 0.356. The summed E-state index contributed by atoms with van der Waals surface area (Å²) in [5.41, 5.74) is 1.40. The Morgan fingerprint density at radius 2 is 2.21 bits per heavy atom. The molecule has 0 amide bonds. The molecule has 0 bridgehead atoms. The highest BCUT2D eigenvalue weighted by Gasteiger charge is 2.12. The summed E-state index contributed by atoms with van der Waals surface area (Å²) in [7, 11) is 0. The topological polar surface area (TPSA) is 69.9 Å². The van der Waals surface area contributed by atoms with Gasteiger partial charge < -0.3 is 10.2 Å². The molecule has 5 heteroatoms. The Morgan fingerprint density at radius 3 is 2.79 bits per heavy atom. The van der Waals surface area contributed by atoms with Crippen LogP contribution in [0.5, 0.6) is 11.5 Å². The molecule has 2 N–H and O–H groups in total. The lowest BCUT2D eigenvalue weighted by atomic mass is 10.1. The highest BCUT2D eigenvalue weighted by atomic mass is 79.9. The summed E-state index contributed by atoms with van der Waals surface area (Å²) in [6.07, 6.45) is 1.41. The molecule has 0 unspecified atom stereocenters. The monoisotopic (exact) mass is 257 g/mol. The van der Waals surface area contributed by atoms with Crippen LogP contribution in [0.25, 0.3) is 0 Å². The summed E-state index contributed by atoms with van der Waals surface area (Å²) >= 11 is 3.11. The molecule has 1 aromatic rings. The minimum absolute atomic E-state index is 0.129. The molecule has 0 fully saturated rings. The van der Waals surface area contributed by atoms with Crippen molar-refractivity contribution in [3.8, 4) is 11.5 Å². The summed E-state index contributed by atoms with van der Waals surface area (Å²) in [6, 6.07) is 1.41. The number of aryl methyl sites for hydroxylation is 1. The quantitative estimate of drug-likeness (QED) is 0.484. The van der Waals surface area contributed by atoms with E-state index in [0.29, 0.717) is 10.0 Å². The van der Waals surface area contributed by atoms with E-state index in [9.17, 15) is 15.0 Å². The fraction of sp³-hybridized carbons (Fsp3) is 0.222. The van der Waals surface area contributed by atoms with Crippen molar-refractivity contribution in [2.24, 2.45) is 4.99 Å². The van der Waals surface area contributed by atoms with Crippen molar-refractivity contribution in [2.75, 3.05) is 0 Å². The number of aliphatic imine (C=N–C) groups is 1. The smallest absolute Gasteiger partial charge is 0.235 e. The third-order valence-electron chi connectivity index (χ3n) is 1.85. The predicted octanol–water partition coefficient (Wildman–Crippen LogP) is 2.00. The van der Waals surface area contributed by atoms with Gasteiger partial charge in [0.25, 0.3) is 0 Å². The number of phenolic OH excluding ortho intramolecular Hbond substituents is 2. The van der Waals surface area contributed by atoms with Crippen LogP contribution in [0.4, 0.5) is 0 Å². The molecular formula is C9H8BrNO3. The van der Waals surface area contributed by atoms with Crippen molar-refractivity contribution in [3.05, 3.63) is 21.7 Å². The van der Waals surface area contributed by atoms with Crippen LogP contribution in [0.15, 0.2) is 15.5 Å². The molecule has 0 aliphatic rings. The second kappa shape index (κ2) is 4.26. The van der Waals surface area contributed by atoms with E-state index in [1.807, 2.05) is 0 Å². The van der Waals surface area contributed by atoms with Crippen molar-refractivity contribution in [2.45, 2.75) is 13.5 Å². The zero-order valence-corrected chi connectivity index (χ0v) is 9.00. The first-order valence-electron chi connectivity index (χ1n) is 3.81. The summed E-state index contributed by atoms with van der Waals surface area (Å²) in [6.45, 7) is 1.88. The Balaban J connectivity index is 3.28. The van der Waals surface area contributed by atoms with Crippen LogP contribution in [-0.4, -0.2) is 16.3 Å². The van der Waals surface area contributed by atoms with Crippen LogP contribution in [-0.2, 0) is 11.3 Å². The van der Waals surface area contributed by atoms with Crippen molar-refractivity contribution >= 4 is 22.0 Å². The van der Waals surface area contributed by atoms with Gasteiger partial charge in [0.05, 0.1) is 11.0 Å². The molecule has 0 spiro atoms. The molecule has 0 aliphatic heterocycles. The normalized spacial score (nSPS) is 9.57. The van der Waals surface area contributed by atoms with Crippen LogP contribution in [0, 0.1) is 6.92 Å². The van der Waals surface area contributed by atoms with Gasteiger partial charge in [-0.1, -0.05) is 0 Å². The van der Waals surface area contributed by atoms with Gasteiger partial charge in [-0.15, -0.1) is 0 Å². The number of aromatic hydroxyl groups is 2. The Morgan fingerprint density at radius 1 is 1.57 bits per heavy atom. The van der Waals surface area contributed by atoms with Gasteiger partial charge in [0.15, 0.2) is 11.5 Å². The molecule has 0 saturated heterocycles. The van der Waals surface area contributed by atoms with Crippen LogP contribution in [0.1, 0.15) is 11.1 Å². The average molecular weight is 258 g/mol. The van der Waals surface area contributed by atoms with Crippen molar-refractivity contribution in [1.82, 2.24) is 0 Å². The summed E-state index contributed by atoms with van der Waals surface area (Å²) in [4.78, 5) is 13.3. The maximum atomic E-state index is 9.93. The molecule has 0 atom stereocenters. The third kappa shape index (κ3) is 1.95. The standard InChI is InChI=1S/C9H8BrNO3/c1-5-2-7(13)9(14)8(10)6(5)3-11-4-12/h2,13-14H,3H2,1H3. The number of phenols is 2.